The summed E-state index contributed by atoms with van der Waals surface area (Å²) in [4.78, 5) is 37.9. The Morgan fingerprint density at radius 1 is 1.23 bits per heavy atom. The van der Waals surface area contributed by atoms with Gasteiger partial charge in [-0.1, -0.05) is 6.08 Å². The molecule has 1 aromatic carbocycles. The lowest BCUT2D eigenvalue weighted by atomic mass is 9.82. The summed E-state index contributed by atoms with van der Waals surface area (Å²) in [6.07, 6.45) is -6.31. The van der Waals surface area contributed by atoms with E-state index in [4.69, 9.17) is 14.2 Å². The van der Waals surface area contributed by atoms with Crippen molar-refractivity contribution in [3.8, 4) is 5.75 Å². The van der Waals surface area contributed by atoms with Crippen LogP contribution in [0.15, 0.2) is 24.8 Å². The molecule has 1 saturated heterocycles. The van der Waals surface area contributed by atoms with Gasteiger partial charge < -0.3 is 45.3 Å². The van der Waals surface area contributed by atoms with Crippen LogP contribution in [0, 0.1) is 13.8 Å². The second-order valence-corrected chi connectivity index (χ2v) is 10.7. The van der Waals surface area contributed by atoms with Crippen LogP contribution in [0.5, 0.6) is 5.75 Å². The number of ether oxygens (including phenoxy) is 3. The molecule has 6 N–H and O–H groups in total. The highest BCUT2D eigenvalue weighted by Gasteiger charge is 2.54. The van der Waals surface area contributed by atoms with Gasteiger partial charge in [0.05, 0.1) is 25.4 Å². The SMILES string of the molecule is C=CC[C@]1(C(=O)OC)C[C@H](O)C(NC(=O)OC(C)(C)C)[C@H]([C@H](O)[C@H](O)CNC(=O)c2cc(C)c(O)c(C)c2)O1. The Labute approximate surface area is 228 Å². The highest BCUT2D eigenvalue weighted by molar-refractivity contribution is 5.94. The van der Waals surface area contributed by atoms with Gasteiger partial charge in [-0.15, -0.1) is 6.58 Å². The number of carbonyl (C=O) groups excluding carboxylic acids is 3. The van der Waals surface area contributed by atoms with E-state index in [1.54, 1.807) is 34.6 Å². The Hall–Kier alpha value is -3.19. The van der Waals surface area contributed by atoms with E-state index in [-0.39, 0.29) is 24.2 Å². The number of aliphatic hydroxyl groups excluding tert-OH is 3. The fourth-order valence-electron chi connectivity index (χ4n) is 4.46. The zero-order chi connectivity index (χ0) is 29.7. The molecule has 1 unspecified atom stereocenters. The lowest BCUT2D eigenvalue weighted by Gasteiger charge is -2.47. The van der Waals surface area contributed by atoms with Crippen molar-refractivity contribution in [1.82, 2.24) is 10.6 Å². The molecule has 1 fully saturated rings. The number of aromatic hydroxyl groups is 1. The number of esters is 1. The van der Waals surface area contributed by atoms with Gasteiger partial charge in [0.15, 0.2) is 5.60 Å². The quantitative estimate of drug-likeness (QED) is 0.191. The Morgan fingerprint density at radius 2 is 1.82 bits per heavy atom. The first-order valence-electron chi connectivity index (χ1n) is 12.5. The third-order valence-corrected chi connectivity index (χ3v) is 6.34. The lowest BCUT2D eigenvalue weighted by Crippen LogP contribution is -2.67. The molecule has 0 aliphatic carbocycles. The number of carbonyl (C=O) groups is 3. The van der Waals surface area contributed by atoms with Crippen LogP contribution in [-0.2, 0) is 19.0 Å². The zero-order valence-electron chi connectivity index (χ0n) is 23.2. The number of amides is 2. The maximum atomic E-state index is 12.7. The van der Waals surface area contributed by atoms with Gasteiger partial charge in [-0.25, -0.2) is 9.59 Å². The van der Waals surface area contributed by atoms with E-state index in [0.717, 1.165) is 7.11 Å². The molecule has 6 atom stereocenters. The number of nitrogens with one attached hydrogen (secondary N) is 2. The Morgan fingerprint density at radius 3 is 2.33 bits per heavy atom. The zero-order valence-corrected chi connectivity index (χ0v) is 23.2. The van der Waals surface area contributed by atoms with Crippen LogP contribution in [0.3, 0.4) is 0 Å². The minimum absolute atomic E-state index is 0.0622. The molecular weight excluding hydrogens is 512 g/mol. The van der Waals surface area contributed by atoms with E-state index in [1.807, 2.05) is 0 Å². The van der Waals surface area contributed by atoms with Gasteiger partial charge in [0.25, 0.3) is 5.91 Å². The summed E-state index contributed by atoms with van der Waals surface area (Å²) < 4.78 is 16.1. The van der Waals surface area contributed by atoms with E-state index in [0.29, 0.717) is 11.1 Å². The van der Waals surface area contributed by atoms with Crippen LogP contribution in [-0.4, -0.2) is 93.7 Å². The van der Waals surface area contributed by atoms with E-state index in [1.165, 1.54) is 18.2 Å². The van der Waals surface area contributed by atoms with Crippen LogP contribution in [0.25, 0.3) is 0 Å². The number of aryl methyl sites for hydroxylation is 2. The van der Waals surface area contributed by atoms with Crippen molar-refractivity contribution in [2.45, 2.75) is 89.1 Å². The first-order chi connectivity index (χ1) is 18.0. The predicted molar refractivity (Wildman–Crippen MR) is 140 cm³/mol. The van der Waals surface area contributed by atoms with Gasteiger partial charge in [-0.3, -0.25) is 4.79 Å². The molecule has 218 valence electrons. The summed E-state index contributed by atoms with van der Waals surface area (Å²) in [6, 6.07) is 1.65. The number of benzene rings is 1. The van der Waals surface area contributed by atoms with E-state index in [2.05, 4.69) is 17.2 Å². The Bertz CT molecular complexity index is 1050. The van der Waals surface area contributed by atoms with Gasteiger partial charge >= 0.3 is 12.1 Å². The molecule has 2 rings (SSSR count). The smallest absolute Gasteiger partial charge is 0.408 e. The van der Waals surface area contributed by atoms with E-state index >= 15 is 0 Å². The minimum Gasteiger partial charge on any atom is -0.507 e. The van der Waals surface area contributed by atoms with Crippen molar-refractivity contribution in [2.24, 2.45) is 0 Å². The van der Waals surface area contributed by atoms with Gasteiger partial charge in [-0.05, 0) is 57.9 Å². The van der Waals surface area contributed by atoms with Crippen molar-refractivity contribution in [3.05, 3.63) is 41.5 Å². The molecule has 39 heavy (non-hydrogen) atoms. The van der Waals surface area contributed by atoms with Crippen molar-refractivity contribution in [3.63, 3.8) is 0 Å². The first-order valence-corrected chi connectivity index (χ1v) is 12.5. The summed E-state index contributed by atoms with van der Waals surface area (Å²) >= 11 is 0. The standard InChI is InChI=1S/C27H40N2O10/c1-8-9-27(24(35)37-7)12-17(30)19(29-25(36)39-26(4,5)6)22(38-27)21(33)18(31)13-28-23(34)16-10-14(2)20(32)15(3)11-16/h8,10-11,17-19,21-22,30-33H,1,9,12-13H2,2-7H3,(H,28,34)(H,29,36)/t17-,18+,19?,21+,22+,27+/m0/s1. The number of alkyl carbamates (subject to hydrolysis) is 1. The number of rotatable bonds is 9. The molecule has 1 heterocycles. The number of hydrogen-bond donors (Lipinski definition) is 6. The van der Waals surface area contributed by atoms with Crippen LogP contribution in [0.4, 0.5) is 4.79 Å². The molecule has 12 heteroatoms. The second-order valence-electron chi connectivity index (χ2n) is 10.7. The van der Waals surface area contributed by atoms with Gasteiger partial charge in [0.2, 0.25) is 0 Å². The molecule has 1 aromatic rings. The predicted octanol–water partition coefficient (Wildman–Crippen LogP) is 0.992. The second kappa shape index (κ2) is 12.8. The highest BCUT2D eigenvalue weighted by Crippen LogP contribution is 2.36. The summed E-state index contributed by atoms with van der Waals surface area (Å²) in [5, 5.41) is 47.8. The van der Waals surface area contributed by atoms with E-state index in [9.17, 15) is 34.8 Å². The summed E-state index contributed by atoms with van der Waals surface area (Å²) in [5.74, 6) is -1.35. The molecule has 0 radical (unpaired) electrons. The minimum atomic E-state index is -1.79. The summed E-state index contributed by atoms with van der Waals surface area (Å²) in [5.41, 5.74) is -1.41. The van der Waals surface area contributed by atoms with Gasteiger partial charge in [0, 0.05) is 24.9 Å². The average molecular weight is 553 g/mol. The van der Waals surface area contributed by atoms with Crippen LogP contribution >= 0.6 is 0 Å². The number of aliphatic hydroxyl groups is 3. The molecule has 1 aliphatic heterocycles. The molecule has 2 amide bonds. The summed E-state index contributed by atoms with van der Waals surface area (Å²) in [6.45, 7) is 11.4. The molecular formula is C27H40N2O10. The summed E-state index contributed by atoms with van der Waals surface area (Å²) in [7, 11) is 1.14. The molecule has 0 aromatic heterocycles. The third-order valence-electron chi connectivity index (χ3n) is 6.34. The number of phenolic OH excluding ortho intramolecular Hbond substituents is 1. The highest BCUT2D eigenvalue weighted by atomic mass is 16.6. The van der Waals surface area contributed by atoms with Crippen molar-refractivity contribution in [1.29, 1.82) is 0 Å². The van der Waals surface area contributed by atoms with Crippen LogP contribution < -0.4 is 10.6 Å². The fourth-order valence-corrected chi connectivity index (χ4v) is 4.46. The topological polar surface area (TPSA) is 184 Å². The first kappa shape index (κ1) is 32.0. The van der Waals surface area contributed by atoms with Crippen molar-refractivity contribution < 1.29 is 49.0 Å². The Balaban J connectivity index is 2.29. The molecule has 0 spiro atoms. The number of phenols is 1. The van der Waals surface area contributed by atoms with Gasteiger partial charge in [-0.2, -0.15) is 0 Å². The molecule has 0 saturated carbocycles. The van der Waals surface area contributed by atoms with Gasteiger partial charge in [0.1, 0.15) is 23.6 Å². The third kappa shape index (κ3) is 7.91. The van der Waals surface area contributed by atoms with E-state index < -0.39 is 66.2 Å². The van der Waals surface area contributed by atoms with Crippen molar-refractivity contribution in [2.75, 3.05) is 13.7 Å². The fraction of sp³-hybridized carbons (Fsp3) is 0.593. The van der Waals surface area contributed by atoms with Crippen LogP contribution in [0.2, 0.25) is 0 Å². The maximum absolute atomic E-state index is 12.7. The number of methoxy groups -OCH3 is 1. The Kier molecular flexibility index (Phi) is 10.5. The monoisotopic (exact) mass is 552 g/mol. The number of hydrogen-bond acceptors (Lipinski definition) is 10. The van der Waals surface area contributed by atoms with Crippen LogP contribution in [0.1, 0.15) is 55.1 Å². The molecule has 1 aliphatic rings. The normalized spacial score (nSPS) is 24.7. The largest absolute Gasteiger partial charge is 0.507 e. The lowest BCUT2D eigenvalue weighted by molar-refractivity contribution is -0.228. The average Bonchev–Trinajstić information content (AvgIpc) is 2.84. The maximum Gasteiger partial charge on any atom is 0.408 e. The van der Waals surface area contributed by atoms with Crippen molar-refractivity contribution >= 4 is 18.0 Å². The molecule has 12 nitrogen and oxygen atoms in total. The molecule has 0 bridgehead atoms.